The first-order valence-corrected chi connectivity index (χ1v) is 6.18. The second-order valence-corrected chi connectivity index (χ2v) is 5.61. The summed E-state index contributed by atoms with van der Waals surface area (Å²) in [6, 6.07) is 0. The molecule has 0 radical (unpaired) electrons. The molecule has 0 aliphatic carbocycles. The number of nitrogens with zero attached hydrogens (tertiary/aromatic N) is 1. The van der Waals surface area contributed by atoms with Gasteiger partial charge in [0.2, 0.25) is 0 Å². The van der Waals surface area contributed by atoms with Gasteiger partial charge in [-0.05, 0) is 26.2 Å². The molecule has 2 saturated heterocycles. The fourth-order valence-electron chi connectivity index (χ4n) is 2.74. The number of aliphatic hydroxyl groups excluding tert-OH is 1. The molecule has 2 fully saturated rings. The van der Waals surface area contributed by atoms with Gasteiger partial charge in [-0.3, -0.25) is 4.90 Å². The first kappa shape index (κ1) is 12.3. The van der Waals surface area contributed by atoms with Crippen LogP contribution in [0.5, 0.6) is 0 Å². The van der Waals surface area contributed by atoms with Crippen LogP contribution in [0.4, 0.5) is 0 Å². The molecule has 2 aliphatic heterocycles. The van der Waals surface area contributed by atoms with E-state index in [0.29, 0.717) is 5.92 Å². The van der Waals surface area contributed by atoms with Crippen molar-refractivity contribution in [3.8, 4) is 0 Å². The van der Waals surface area contributed by atoms with E-state index < -0.39 is 0 Å². The molecule has 16 heavy (non-hydrogen) atoms. The zero-order valence-corrected chi connectivity index (χ0v) is 10.3. The van der Waals surface area contributed by atoms with E-state index in [-0.39, 0.29) is 18.3 Å². The van der Waals surface area contributed by atoms with Crippen LogP contribution in [0.3, 0.4) is 0 Å². The van der Waals surface area contributed by atoms with Crippen LogP contribution in [0.1, 0.15) is 20.3 Å². The molecule has 0 spiro atoms. The van der Waals surface area contributed by atoms with E-state index >= 15 is 0 Å². The molecule has 4 heteroatoms. The molecule has 2 rings (SSSR count). The maximum absolute atomic E-state index is 9.23. The van der Waals surface area contributed by atoms with Gasteiger partial charge in [-0.1, -0.05) is 0 Å². The summed E-state index contributed by atoms with van der Waals surface area (Å²) >= 11 is 0. The molecule has 0 bridgehead atoms. The van der Waals surface area contributed by atoms with E-state index in [1.807, 2.05) is 0 Å². The van der Waals surface area contributed by atoms with Gasteiger partial charge in [0.25, 0.3) is 0 Å². The molecule has 2 aliphatic rings. The maximum atomic E-state index is 9.23. The van der Waals surface area contributed by atoms with Crippen molar-refractivity contribution in [2.75, 3.05) is 39.5 Å². The minimum absolute atomic E-state index is 0.0360. The van der Waals surface area contributed by atoms with Crippen LogP contribution in [0.25, 0.3) is 0 Å². The van der Waals surface area contributed by atoms with Crippen molar-refractivity contribution in [3.05, 3.63) is 0 Å². The van der Waals surface area contributed by atoms with Gasteiger partial charge in [-0.15, -0.1) is 0 Å². The van der Waals surface area contributed by atoms with Crippen LogP contribution < -0.4 is 0 Å². The fraction of sp³-hybridized carbons (Fsp3) is 1.00. The molecule has 2 heterocycles. The Bertz CT molecular complexity index is 226. The van der Waals surface area contributed by atoms with Crippen molar-refractivity contribution in [2.45, 2.75) is 32.0 Å². The second kappa shape index (κ2) is 5.00. The van der Waals surface area contributed by atoms with Gasteiger partial charge in [0, 0.05) is 26.2 Å². The normalized spacial score (nSPS) is 35.4. The van der Waals surface area contributed by atoms with Crippen LogP contribution in [0.15, 0.2) is 0 Å². The minimum Gasteiger partial charge on any atom is -0.394 e. The molecular formula is C12H23NO3. The van der Waals surface area contributed by atoms with Gasteiger partial charge in [-0.2, -0.15) is 0 Å². The Morgan fingerprint density at radius 1 is 1.44 bits per heavy atom. The highest BCUT2D eigenvalue weighted by molar-refractivity contribution is 4.85. The molecule has 2 unspecified atom stereocenters. The Morgan fingerprint density at radius 3 is 2.88 bits per heavy atom. The third-order valence-corrected chi connectivity index (χ3v) is 3.30. The molecule has 0 amide bonds. The third kappa shape index (κ3) is 3.17. The molecule has 0 aromatic heterocycles. The number of ether oxygens (including phenoxy) is 2. The van der Waals surface area contributed by atoms with Crippen LogP contribution in [0, 0.1) is 5.92 Å². The van der Waals surface area contributed by atoms with Gasteiger partial charge < -0.3 is 14.6 Å². The SMILES string of the molecule is CC1(C)CN(CC2CCOC2)CC(CO)O1. The lowest BCUT2D eigenvalue weighted by Gasteiger charge is -2.43. The first-order chi connectivity index (χ1) is 7.59. The number of morpholine rings is 1. The van der Waals surface area contributed by atoms with Crippen LogP contribution in [-0.2, 0) is 9.47 Å². The molecule has 2 atom stereocenters. The lowest BCUT2D eigenvalue weighted by atomic mass is 10.0. The quantitative estimate of drug-likeness (QED) is 0.765. The van der Waals surface area contributed by atoms with Crippen molar-refractivity contribution >= 4 is 0 Å². The minimum atomic E-state index is -0.148. The smallest absolute Gasteiger partial charge is 0.0940 e. The summed E-state index contributed by atoms with van der Waals surface area (Å²) in [7, 11) is 0. The molecule has 0 aromatic carbocycles. The summed E-state index contributed by atoms with van der Waals surface area (Å²) < 4.78 is 11.2. The van der Waals surface area contributed by atoms with Crippen molar-refractivity contribution < 1.29 is 14.6 Å². The highest BCUT2D eigenvalue weighted by atomic mass is 16.5. The molecule has 94 valence electrons. The zero-order chi connectivity index (χ0) is 11.6. The standard InChI is InChI=1S/C12H23NO3/c1-12(2)9-13(6-11(7-14)16-12)5-10-3-4-15-8-10/h10-11,14H,3-9H2,1-2H3. The number of aliphatic hydroxyl groups is 1. The topological polar surface area (TPSA) is 41.9 Å². The predicted octanol–water partition coefficient (Wildman–Crippen LogP) is 0.495. The van der Waals surface area contributed by atoms with Gasteiger partial charge >= 0.3 is 0 Å². The maximum Gasteiger partial charge on any atom is 0.0940 e. The Labute approximate surface area is 97.5 Å². The number of hydrogen-bond donors (Lipinski definition) is 1. The van der Waals surface area contributed by atoms with Gasteiger partial charge in [0.15, 0.2) is 0 Å². The Hall–Kier alpha value is -0.160. The van der Waals surface area contributed by atoms with Crippen LogP contribution in [-0.4, -0.2) is 61.2 Å². The van der Waals surface area contributed by atoms with Crippen molar-refractivity contribution in [1.29, 1.82) is 0 Å². The second-order valence-electron chi connectivity index (χ2n) is 5.61. The van der Waals surface area contributed by atoms with Gasteiger partial charge in [0.05, 0.1) is 24.9 Å². The average molecular weight is 229 g/mol. The Balaban J connectivity index is 1.87. The van der Waals surface area contributed by atoms with Crippen molar-refractivity contribution in [2.24, 2.45) is 5.92 Å². The van der Waals surface area contributed by atoms with Crippen LogP contribution >= 0.6 is 0 Å². The lowest BCUT2D eigenvalue weighted by molar-refractivity contribution is -0.150. The molecule has 0 aromatic rings. The monoisotopic (exact) mass is 229 g/mol. The highest BCUT2D eigenvalue weighted by Crippen LogP contribution is 2.23. The first-order valence-electron chi connectivity index (χ1n) is 6.18. The largest absolute Gasteiger partial charge is 0.394 e. The van der Waals surface area contributed by atoms with E-state index in [0.717, 1.165) is 32.8 Å². The third-order valence-electron chi connectivity index (χ3n) is 3.30. The summed E-state index contributed by atoms with van der Waals surface area (Å²) in [6.07, 6.45) is 1.13. The van der Waals surface area contributed by atoms with E-state index in [9.17, 15) is 5.11 Å². The molecule has 0 saturated carbocycles. The van der Waals surface area contributed by atoms with E-state index in [1.165, 1.54) is 6.42 Å². The van der Waals surface area contributed by atoms with Gasteiger partial charge in [0.1, 0.15) is 0 Å². The summed E-state index contributed by atoms with van der Waals surface area (Å²) in [6.45, 7) is 8.95. The van der Waals surface area contributed by atoms with E-state index in [1.54, 1.807) is 0 Å². The van der Waals surface area contributed by atoms with Crippen molar-refractivity contribution in [3.63, 3.8) is 0 Å². The predicted molar refractivity (Wildman–Crippen MR) is 61.4 cm³/mol. The molecule has 1 N–H and O–H groups in total. The summed E-state index contributed by atoms with van der Waals surface area (Å²) in [5.41, 5.74) is -0.148. The summed E-state index contributed by atoms with van der Waals surface area (Å²) in [5.74, 6) is 0.660. The molecular weight excluding hydrogens is 206 g/mol. The number of rotatable bonds is 3. The lowest BCUT2D eigenvalue weighted by Crippen LogP contribution is -2.54. The van der Waals surface area contributed by atoms with Gasteiger partial charge in [-0.25, -0.2) is 0 Å². The van der Waals surface area contributed by atoms with E-state index in [4.69, 9.17) is 9.47 Å². The van der Waals surface area contributed by atoms with E-state index in [2.05, 4.69) is 18.7 Å². The summed E-state index contributed by atoms with van der Waals surface area (Å²) in [4.78, 5) is 2.41. The summed E-state index contributed by atoms with van der Waals surface area (Å²) in [5, 5.41) is 9.23. The van der Waals surface area contributed by atoms with Crippen LogP contribution in [0.2, 0.25) is 0 Å². The number of hydrogen-bond acceptors (Lipinski definition) is 4. The molecule has 4 nitrogen and oxygen atoms in total. The Kier molecular flexibility index (Phi) is 3.85. The van der Waals surface area contributed by atoms with Crippen molar-refractivity contribution in [1.82, 2.24) is 4.90 Å². The fourth-order valence-corrected chi connectivity index (χ4v) is 2.74. The zero-order valence-electron chi connectivity index (χ0n) is 10.3. The average Bonchev–Trinajstić information content (AvgIpc) is 2.67. The Morgan fingerprint density at radius 2 is 2.25 bits per heavy atom. The highest BCUT2D eigenvalue weighted by Gasteiger charge is 2.34.